The fourth-order valence-corrected chi connectivity index (χ4v) is 6.71. The number of hydrogen-bond donors (Lipinski definition) is 0. The summed E-state index contributed by atoms with van der Waals surface area (Å²) in [6, 6.07) is 31.3. The molecule has 0 saturated heterocycles. The largest absolute Gasteiger partial charge is 0.497 e. The lowest BCUT2D eigenvalue weighted by atomic mass is 9.77. The standard InChI is InChI=1S/C37H32O4/c1-36(2)32-9-7-6-8-29(32)33-28-19-18-27(40-5)22-31(28)35-30(34(33)36)20-21-37(41-35,23-10-14-25(38-3)15-11-23)24-12-16-26(39-4)17-13-24/h6-22H,1-5H3. The Labute approximate surface area is 240 Å². The first-order valence-corrected chi connectivity index (χ1v) is 13.9. The number of fused-ring (bicyclic) bond motifs is 8. The van der Waals surface area contributed by atoms with Gasteiger partial charge in [-0.15, -0.1) is 0 Å². The summed E-state index contributed by atoms with van der Waals surface area (Å²) in [5, 5.41) is 2.19. The predicted octanol–water partition coefficient (Wildman–Crippen LogP) is 8.52. The average Bonchev–Trinajstić information content (AvgIpc) is 3.27. The topological polar surface area (TPSA) is 36.9 Å². The monoisotopic (exact) mass is 540 g/mol. The van der Waals surface area contributed by atoms with Crippen molar-refractivity contribution in [2.45, 2.75) is 24.9 Å². The van der Waals surface area contributed by atoms with Crippen LogP contribution in [-0.2, 0) is 11.0 Å². The molecule has 1 heterocycles. The van der Waals surface area contributed by atoms with Crippen LogP contribution in [-0.4, -0.2) is 21.3 Å². The second-order valence-corrected chi connectivity index (χ2v) is 11.2. The third-order valence-corrected chi connectivity index (χ3v) is 8.78. The second-order valence-electron chi connectivity index (χ2n) is 11.2. The van der Waals surface area contributed by atoms with Crippen LogP contribution in [0.25, 0.3) is 28.0 Å². The predicted molar refractivity (Wildman–Crippen MR) is 164 cm³/mol. The van der Waals surface area contributed by atoms with Crippen LogP contribution in [0.4, 0.5) is 0 Å². The van der Waals surface area contributed by atoms with Crippen molar-refractivity contribution < 1.29 is 18.9 Å². The SMILES string of the molecule is COc1ccc(C2(c3ccc(OC)cc3)C=Cc3c4c(c5ccc(OC)cc5c3O2)-c2ccccc2C4(C)C)cc1. The Morgan fingerprint density at radius 2 is 1.22 bits per heavy atom. The molecular weight excluding hydrogens is 508 g/mol. The van der Waals surface area contributed by atoms with Gasteiger partial charge in [-0.3, -0.25) is 0 Å². The van der Waals surface area contributed by atoms with E-state index in [2.05, 4.69) is 86.7 Å². The summed E-state index contributed by atoms with van der Waals surface area (Å²) >= 11 is 0. The second kappa shape index (κ2) is 9.17. The van der Waals surface area contributed by atoms with Crippen LogP contribution in [0.15, 0.2) is 97.1 Å². The molecule has 0 radical (unpaired) electrons. The summed E-state index contributed by atoms with van der Waals surface area (Å²) in [5.74, 6) is 3.24. The Kier molecular flexibility index (Phi) is 5.65. The molecule has 1 aliphatic heterocycles. The van der Waals surface area contributed by atoms with Crippen LogP contribution < -0.4 is 18.9 Å². The lowest BCUT2D eigenvalue weighted by Crippen LogP contribution is -2.35. The molecule has 0 N–H and O–H groups in total. The van der Waals surface area contributed by atoms with E-state index in [1.165, 1.54) is 22.3 Å². The fourth-order valence-electron chi connectivity index (χ4n) is 6.71. The Balaban J connectivity index is 1.55. The smallest absolute Gasteiger partial charge is 0.178 e. The summed E-state index contributed by atoms with van der Waals surface area (Å²) in [6.07, 6.45) is 4.46. The molecule has 7 rings (SSSR count). The quantitative estimate of drug-likeness (QED) is 0.224. The molecule has 4 heteroatoms. The zero-order chi connectivity index (χ0) is 28.4. The van der Waals surface area contributed by atoms with Gasteiger partial charge in [0.15, 0.2) is 5.60 Å². The number of hydrogen-bond acceptors (Lipinski definition) is 4. The van der Waals surface area contributed by atoms with Gasteiger partial charge < -0.3 is 18.9 Å². The van der Waals surface area contributed by atoms with Crippen molar-refractivity contribution >= 4 is 16.8 Å². The minimum Gasteiger partial charge on any atom is -0.497 e. The van der Waals surface area contributed by atoms with Gasteiger partial charge in [-0.1, -0.05) is 68.5 Å². The first kappa shape index (κ1) is 25.3. The summed E-state index contributed by atoms with van der Waals surface area (Å²) in [4.78, 5) is 0. The molecule has 1 aliphatic carbocycles. The number of methoxy groups -OCH3 is 3. The molecule has 4 nitrogen and oxygen atoms in total. The Bertz CT molecular complexity index is 1780. The molecule has 0 saturated carbocycles. The van der Waals surface area contributed by atoms with Crippen molar-refractivity contribution in [1.29, 1.82) is 0 Å². The molecule has 5 aromatic rings. The zero-order valence-corrected chi connectivity index (χ0v) is 23.9. The van der Waals surface area contributed by atoms with Gasteiger partial charge in [0, 0.05) is 27.5 Å². The molecule has 0 spiro atoms. The van der Waals surface area contributed by atoms with Crippen LogP contribution >= 0.6 is 0 Å². The highest BCUT2D eigenvalue weighted by molar-refractivity contribution is 6.08. The molecule has 41 heavy (non-hydrogen) atoms. The van der Waals surface area contributed by atoms with Crippen molar-refractivity contribution in [1.82, 2.24) is 0 Å². The van der Waals surface area contributed by atoms with Crippen molar-refractivity contribution in [2.24, 2.45) is 0 Å². The van der Waals surface area contributed by atoms with E-state index in [4.69, 9.17) is 18.9 Å². The van der Waals surface area contributed by atoms with Crippen LogP contribution in [0.2, 0.25) is 0 Å². The molecular formula is C37H32O4. The Morgan fingerprint density at radius 3 is 1.83 bits per heavy atom. The first-order chi connectivity index (χ1) is 19.9. The molecule has 0 bridgehead atoms. The normalized spacial score (nSPS) is 15.4. The lowest BCUT2D eigenvalue weighted by Gasteiger charge is -2.38. The minimum atomic E-state index is -0.870. The Hall–Kier alpha value is -4.70. The van der Waals surface area contributed by atoms with Gasteiger partial charge in [-0.25, -0.2) is 0 Å². The maximum Gasteiger partial charge on any atom is 0.178 e. The van der Waals surface area contributed by atoms with Crippen molar-refractivity contribution in [3.63, 3.8) is 0 Å². The highest BCUT2D eigenvalue weighted by Crippen LogP contribution is 2.58. The van der Waals surface area contributed by atoms with E-state index in [-0.39, 0.29) is 5.41 Å². The minimum absolute atomic E-state index is 0.196. The van der Waals surface area contributed by atoms with Crippen LogP contribution in [0.5, 0.6) is 23.0 Å². The van der Waals surface area contributed by atoms with Crippen molar-refractivity contribution in [3.8, 4) is 34.1 Å². The van der Waals surface area contributed by atoms with Gasteiger partial charge in [0.05, 0.1) is 21.3 Å². The van der Waals surface area contributed by atoms with E-state index in [0.29, 0.717) is 0 Å². The van der Waals surface area contributed by atoms with Gasteiger partial charge in [-0.2, -0.15) is 0 Å². The van der Waals surface area contributed by atoms with E-state index in [1.807, 2.05) is 30.3 Å². The Morgan fingerprint density at radius 1 is 0.634 bits per heavy atom. The summed E-state index contributed by atoms with van der Waals surface area (Å²) in [7, 11) is 5.07. The average molecular weight is 541 g/mol. The van der Waals surface area contributed by atoms with Crippen LogP contribution in [0.3, 0.4) is 0 Å². The third-order valence-electron chi connectivity index (χ3n) is 8.78. The van der Waals surface area contributed by atoms with Gasteiger partial charge >= 0.3 is 0 Å². The van der Waals surface area contributed by atoms with Gasteiger partial charge in [0.25, 0.3) is 0 Å². The zero-order valence-electron chi connectivity index (χ0n) is 23.9. The van der Waals surface area contributed by atoms with E-state index in [1.54, 1.807) is 21.3 Å². The first-order valence-electron chi connectivity index (χ1n) is 13.9. The highest BCUT2D eigenvalue weighted by Gasteiger charge is 2.44. The van der Waals surface area contributed by atoms with Crippen molar-refractivity contribution in [3.05, 3.63) is 125 Å². The molecule has 5 aromatic carbocycles. The molecule has 0 aromatic heterocycles. The van der Waals surface area contributed by atoms with E-state index in [9.17, 15) is 0 Å². The van der Waals surface area contributed by atoms with E-state index in [0.717, 1.165) is 50.5 Å². The molecule has 0 amide bonds. The molecule has 0 fully saturated rings. The lowest BCUT2D eigenvalue weighted by molar-refractivity contribution is 0.163. The van der Waals surface area contributed by atoms with E-state index < -0.39 is 5.60 Å². The maximum absolute atomic E-state index is 7.34. The molecule has 0 atom stereocenters. The number of benzene rings is 5. The number of rotatable bonds is 5. The molecule has 2 aliphatic rings. The maximum atomic E-state index is 7.34. The fraction of sp³-hybridized carbons (Fsp3) is 0.189. The van der Waals surface area contributed by atoms with Gasteiger partial charge in [0.1, 0.15) is 23.0 Å². The summed E-state index contributed by atoms with van der Waals surface area (Å²) in [6.45, 7) is 4.63. The highest BCUT2D eigenvalue weighted by atomic mass is 16.5. The van der Waals surface area contributed by atoms with E-state index >= 15 is 0 Å². The van der Waals surface area contributed by atoms with Gasteiger partial charge in [0.2, 0.25) is 0 Å². The molecule has 0 unspecified atom stereocenters. The van der Waals surface area contributed by atoms with Gasteiger partial charge in [-0.05, 0) is 76.2 Å². The van der Waals surface area contributed by atoms with Crippen LogP contribution in [0, 0.1) is 0 Å². The summed E-state index contributed by atoms with van der Waals surface area (Å²) in [5.41, 5.74) is 7.23. The third kappa shape index (κ3) is 3.60. The van der Waals surface area contributed by atoms with Crippen LogP contribution in [0.1, 0.15) is 41.7 Å². The molecule has 204 valence electrons. The van der Waals surface area contributed by atoms with Crippen molar-refractivity contribution in [2.75, 3.05) is 21.3 Å². The number of ether oxygens (including phenoxy) is 4. The summed E-state index contributed by atoms with van der Waals surface area (Å²) < 4.78 is 24.0.